The second-order valence-electron chi connectivity index (χ2n) is 7.16. The van der Waals surface area contributed by atoms with Crippen molar-refractivity contribution in [2.75, 3.05) is 37.4 Å². The first-order chi connectivity index (χ1) is 14.1. The van der Waals surface area contributed by atoms with Crippen LogP contribution in [0.3, 0.4) is 0 Å². The normalized spacial score (nSPS) is 15.5. The molecule has 0 aromatic heterocycles. The minimum absolute atomic E-state index is 0.00196. The second-order valence-corrected chi connectivity index (χ2v) is 10.1. The summed E-state index contributed by atoms with van der Waals surface area (Å²) in [5.41, 5.74) is 1.31. The molecule has 0 bridgehead atoms. The zero-order chi connectivity index (χ0) is 21.9. The van der Waals surface area contributed by atoms with Crippen LogP contribution in [0.15, 0.2) is 42.5 Å². The SMILES string of the molecule is CS(=O)(=O)Cc1ccc(OC[C@@H](O)CN2CCN(c3ccc(Cl)c(Cl)c3)C2=O)cc1. The van der Waals surface area contributed by atoms with Gasteiger partial charge in [0.15, 0.2) is 9.84 Å². The summed E-state index contributed by atoms with van der Waals surface area (Å²) in [6.45, 7) is 1.08. The lowest BCUT2D eigenvalue weighted by atomic mass is 10.2. The van der Waals surface area contributed by atoms with Crippen LogP contribution in [0.5, 0.6) is 5.75 Å². The number of nitrogens with zero attached hydrogens (tertiary/aromatic N) is 2. The summed E-state index contributed by atoms with van der Waals surface area (Å²) in [7, 11) is -3.10. The number of carbonyl (C=O) groups excluding carboxylic acids is 1. The van der Waals surface area contributed by atoms with Crippen molar-refractivity contribution < 1.29 is 23.1 Å². The van der Waals surface area contributed by atoms with Crippen LogP contribution in [-0.2, 0) is 15.6 Å². The van der Waals surface area contributed by atoms with E-state index in [0.29, 0.717) is 40.1 Å². The van der Waals surface area contributed by atoms with Crippen molar-refractivity contribution in [3.63, 3.8) is 0 Å². The van der Waals surface area contributed by atoms with Crippen molar-refractivity contribution in [1.82, 2.24) is 4.90 Å². The number of sulfone groups is 1. The Hall–Kier alpha value is -2.00. The molecular weight excluding hydrogens is 451 g/mol. The maximum absolute atomic E-state index is 12.6. The number of ether oxygens (including phenoxy) is 1. The van der Waals surface area contributed by atoms with E-state index in [1.807, 2.05) is 0 Å². The Kier molecular flexibility index (Phi) is 7.13. The average molecular weight is 473 g/mol. The Bertz CT molecular complexity index is 1010. The Labute approximate surface area is 185 Å². The average Bonchev–Trinajstić information content (AvgIpc) is 3.02. The first-order valence-electron chi connectivity index (χ1n) is 9.21. The molecular formula is C20H22Cl2N2O5S. The summed E-state index contributed by atoms with van der Waals surface area (Å²) in [4.78, 5) is 15.8. The van der Waals surface area contributed by atoms with Gasteiger partial charge in [-0.15, -0.1) is 0 Å². The minimum atomic E-state index is -3.10. The molecule has 0 radical (unpaired) electrons. The molecule has 0 saturated carbocycles. The predicted molar refractivity (Wildman–Crippen MR) is 117 cm³/mol. The number of rotatable bonds is 8. The molecule has 1 fully saturated rings. The van der Waals surface area contributed by atoms with Crippen molar-refractivity contribution >= 4 is 44.8 Å². The van der Waals surface area contributed by atoms with Gasteiger partial charge in [-0.25, -0.2) is 13.2 Å². The van der Waals surface area contributed by atoms with E-state index >= 15 is 0 Å². The van der Waals surface area contributed by atoms with E-state index in [0.717, 1.165) is 0 Å². The smallest absolute Gasteiger partial charge is 0.324 e. The van der Waals surface area contributed by atoms with Gasteiger partial charge >= 0.3 is 6.03 Å². The Morgan fingerprint density at radius 3 is 2.43 bits per heavy atom. The molecule has 1 aliphatic rings. The summed E-state index contributed by atoms with van der Waals surface area (Å²) in [5, 5.41) is 11.1. The molecule has 7 nitrogen and oxygen atoms in total. The van der Waals surface area contributed by atoms with E-state index in [2.05, 4.69) is 0 Å². The maximum atomic E-state index is 12.6. The molecule has 2 aromatic carbocycles. The predicted octanol–water partition coefficient (Wildman–Crippen LogP) is 3.22. The molecule has 0 aliphatic carbocycles. The third-order valence-electron chi connectivity index (χ3n) is 4.54. The number of carbonyl (C=O) groups is 1. The van der Waals surface area contributed by atoms with E-state index in [1.54, 1.807) is 52.3 Å². The van der Waals surface area contributed by atoms with Gasteiger partial charge < -0.3 is 14.7 Å². The molecule has 3 rings (SSSR count). The number of hydrogen-bond donors (Lipinski definition) is 1. The van der Waals surface area contributed by atoms with Gasteiger partial charge in [0.25, 0.3) is 0 Å². The fraction of sp³-hybridized carbons (Fsp3) is 0.350. The monoisotopic (exact) mass is 472 g/mol. The molecule has 0 spiro atoms. The van der Waals surface area contributed by atoms with Gasteiger partial charge in [-0.1, -0.05) is 35.3 Å². The number of anilines is 1. The van der Waals surface area contributed by atoms with Gasteiger partial charge in [0.2, 0.25) is 0 Å². The molecule has 0 unspecified atom stereocenters. The Morgan fingerprint density at radius 2 is 1.80 bits per heavy atom. The van der Waals surface area contributed by atoms with Gasteiger partial charge in [-0.2, -0.15) is 0 Å². The highest BCUT2D eigenvalue weighted by molar-refractivity contribution is 7.89. The highest BCUT2D eigenvalue weighted by Crippen LogP contribution is 2.29. The molecule has 1 atom stereocenters. The molecule has 2 amide bonds. The van der Waals surface area contributed by atoms with Gasteiger partial charge in [0, 0.05) is 25.0 Å². The first kappa shape index (κ1) is 22.7. The van der Waals surface area contributed by atoms with E-state index in [1.165, 1.54) is 6.26 Å². The zero-order valence-electron chi connectivity index (χ0n) is 16.3. The quantitative estimate of drug-likeness (QED) is 0.636. The lowest BCUT2D eigenvalue weighted by Crippen LogP contribution is -2.39. The Balaban J connectivity index is 1.51. The Morgan fingerprint density at radius 1 is 1.10 bits per heavy atom. The van der Waals surface area contributed by atoms with Crippen LogP contribution in [0.4, 0.5) is 10.5 Å². The fourth-order valence-corrected chi connectivity index (χ4v) is 4.22. The molecule has 162 valence electrons. The van der Waals surface area contributed by atoms with Crippen LogP contribution in [0, 0.1) is 0 Å². The molecule has 2 aromatic rings. The standard InChI is InChI=1S/C20H22Cl2N2O5S/c1-30(27,28)13-14-2-5-17(6-3-14)29-12-16(25)11-23-8-9-24(20(23)26)15-4-7-18(21)19(22)10-15/h2-7,10,16,25H,8-9,11-13H2,1H3/t16-/m0/s1. The van der Waals surface area contributed by atoms with Crippen LogP contribution in [-0.4, -0.2) is 63.1 Å². The van der Waals surface area contributed by atoms with Crippen molar-refractivity contribution in [2.24, 2.45) is 0 Å². The molecule has 30 heavy (non-hydrogen) atoms. The van der Waals surface area contributed by atoms with Gasteiger partial charge in [-0.3, -0.25) is 4.90 Å². The van der Waals surface area contributed by atoms with E-state index < -0.39 is 15.9 Å². The highest BCUT2D eigenvalue weighted by Gasteiger charge is 2.31. The first-order valence-corrected chi connectivity index (χ1v) is 12.0. The lowest BCUT2D eigenvalue weighted by Gasteiger charge is -2.21. The molecule has 10 heteroatoms. The van der Waals surface area contributed by atoms with Crippen LogP contribution in [0.2, 0.25) is 10.0 Å². The third-order valence-corrected chi connectivity index (χ3v) is 6.13. The van der Waals surface area contributed by atoms with Gasteiger partial charge in [-0.05, 0) is 35.9 Å². The maximum Gasteiger partial charge on any atom is 0.324 e. The van der Waals surface area contributed by atoms with Gasteiger partial charge in [0.05, 0.1) is 22.3 Å². The van der Waals surface area contributed by atoms with Crippen molar-refractivity contribution in [3.05, 3.63) is 58.1 Å². The number of amides is 2. The van der Waals surface area contributed by atoms with Crippen LogP contribution >= 0.6 is 23.2 Å². The van der Waals surface area contributed by atoms with Crippen molar-refractivity contribution in [2.45, 2.75) is 11.9 Å². The van der Waals surface area contributed by atoms with Crippen LogP contribution in [0.1, 0.15) is 5.56 Å². The summed E-state index contributed by atoms with van der Waals surface area (Å²) < 4.78 is 28.2. The zero-order valence-corrected chi connectivity index (χ0v) is 18.6. The molecule has 1 aliphatic heterocycles. The lowest BCUT2D eigenvalue weighted by molar-refractivity contribution is 0.0828. The van der Waals surface area contributed by atoms with Crippen molar-refractivity contribution in [3.8, 4) is 5.75 Å². The minimum Gasteiger partial charge on any atom is -0.491 e. The fourth-order valence-electron chi connectivity index (χ4n) is 3.13. The van der Waals surface area contributed by atoms with E-state index in [-0.39, 0.29) is 24.9 Å². The summed E-state index contributed by atoms with van der Waals surface area (Å²) >= 11 is 12.0. The number of aliphatic hydroxyl groups is 1. The largest absolute Gasteiger partial charge is 0.491 e. The molecule has 1 heterocycles. The summed E-state index contributed by atoms with van der Waals surface area (Å²) in [6.07, 6.45) is 0.300. The van der Waals surface area contributed by atoms with Crippen LogP contribution in [0.25, 0.3) is 0 Å². The topological polar surface area (TPSA) is 87.2 Å². The van der Waals surface area contributed by atoms with Crippen LogP contribution < -0.4 is 9.64 Å². The number of hydrogen-bond acceptors (Lipinski definition) is 5. The number of β-amino-alcohol motifs (C(OH)–C–C–N with tert-alkyl or cyclic N) is 1. The van der Waals surface area contributed by atoms with E-state index in [4.69, 9.17) is 27.9 Å². The van der Waals surface area contributed by atoms with Gasteiger partial charge in [0.1, 0.15) is 18.5 Å². The number of halogens is 2. The second kappa shape index (κ2) is 9.43. The third kappa shape index (κ3) is 6.01. The number of benzene rings is 2. The highest BCUT2D eigenvalue weighted by atomic mass is 35.5. The number of urea groups is 1. The van der Waals surface area contributed by atoms with E-state index in [9.17, 15) is 18.3 Å². The molecule has 1 N–H and O–H groups in total. The van der Waals surface area contributed by atoms with Crippen molar-refractivity contribution in [1.29, 1.82) is 0 Å². The summed E-state index contributed by atoms with van der Waals surface area (Å²) in [5.74, 6) is 0.471. The number of aliphatic hydroxyl groups excluding tert-OH is 1. The molecule has 1 saturated heterocycles. The summed E-state index contributed by atoms with van der Waals surface area (Å²) in [6, 6.07) is 11.4.